The fraction of sp³-hybridized carbons (Fsp3) is 0.375. The number of rotatable bonds is 7. The molecule has 0 aromatic heterocycles. The number of nitrogens with zero attached hydrogens (tertiary/aromatic N) is 2. The van der Waals surface area contributed by atoms with Crippen LogP contribution in [0.4, 0.5) is 0 Å². The number of nitrogens with one attached hydrogen (secondary N) is 1. The molecule has 0 unspecified atom stereocenters. The van der Waals surface area contributed by atoms with Crippen molar-refractivity contribution in [3.05, 3.63) is 70.0 Å². The first-order chi connectivity index (χ1) is 20.7. The fourth-order valence-corrected chi connectivity index (χ4v) is 6.84. The van der Waals surface area contributed by atoms with Gasteiger partial charge in [-0.1, -0.05) is 18.2 Å². The van der Waals surface area contributed by atoms with Gasteiger partial charge < -0.3 is 36.4 Å². The zero-order valence-corrected chi connectivity index (χ0v) is 24.9. The highest BCUT2D eigenvalue weighted by Gasteiger charge is 2.64. The summed E-state index contributed by atoms with van der Waals surface area (Å²) in [6, 6.07) is 8.76. The SMILES string of the molecule is CN(C)CCNC(=O)c1cccc(-c2ccc(O)c3c2C[C@H]2C[C@H]4[C@H](N(C)C)C(=O)C(C(N)=O)=C(O)[C@@]4(O)C(=O)C2=C3O)c1. The van der Waals surface area contributed by atoms with Crippen LogP contribution in [0, 0.1) is 11.8 Å². The Kier molecular flexibility index (Phi) is 7.87. The molecule has 4 atom stereocenters. The summed E-state index contributed by atoms with van der Waals surface area (Å²) in [5.74, 6) is -7.33. The number of benzene rings is 2. The number of ketones is 2. The molecule has 12 nitrogen and oxygen atoms in total. The Morgan fingerprint density at radius 1 is 1.07 bits per heavy atom. The minimum Gasteiger partial charge on any atom is -0.508 e. The lowest BCUT2D eigenvalue weighted by Gasteiger charge is -2.50. The van der Waals surface area contributed by atoms with Gasteiger partial charge in [0.15, 0.2) is 11.4 Å². The molecule has 0 bridgehead atoms. The molecule has 1 saturated carbocycles. The van der Waals surface area contributed by atoms with E-state index in [4.69, 9.17) is 5.73 Å². The maximum atomic E-state index is 14.0. The van der Waals surface area contributed by atoms with Crippen LogP contribution in [0.15, 0.2) is 53.3 Å². The molecule has 2 amide bonds. The molecule has 5 rings (SSSR count). The Balaban J connectivity index is 1.62. The molecule has 0 saturated heterocycles. The third kappa shape index (κ3) is 4.75. The highest BCUT2D eigenvalue weighted by Crippen LogP contribution is 2.53. The maximum Gasteiger partial charge on any atom is 0.255 e. The number of fused-ring (bicyclic) bond motifs is 3. The number of phenols is 1. The number of nitrogens with two attached hydrogens (primary N) is 1. The summed E-state index contributed by atoms with van der Waals surface area (Å²) in [7, 11) is 6.91. The van der Waals surface area contributed by atoms with Crippen molar-refractivity contribution in [1.29, 1.82) is 0 Å². The topological polar surface area (TPSA) is 194 Å². The van der Waals surface area contributed by atoms with Gasteiger partial charge in [0.2, 0.25) is 5.78 Å². The monoisotopic (exact) mass is 604 g/mol. The first-order valence-corrected chi connectivity index (χ1v) is 14.2. The van der Waals surface area contributed by atoms with Gasteiger partial charge in [-0.2, -0.15) is 0 Å². The number of primary amides is 1. The van der Waals surface area contributed by atoms with E-state index in [0.29, 0.717) is 35.3 Å². The van der Waals surface area contributed by atoms with Crippen LogP contribution >= 0.6 is 0 Å². The van der Waals surface area contributed by atoms with Crippen molar-refractivity contribution < 1.29 is 39.6 Å². The summed E-state index contributed by atoms with van der Waals surface area (Å²) >= 11 is 0. The Hall–Kier alpha value is -4.52. The van der Waals surface area contributed by atoms with E-state index in [1.165, 1.54) is 11.0 Å². The number of carbonyl (C=O) groups is 4. The molecule has 0 aliphatic heterocycles. The number of aromatic hydroxyl groups is 1. The molecule has 7 N–H and O–H groups in total. The molecule has 3 aliphatic carbocycles. The molecule has 1 fully saturated rings. The number of hydrogen-bond acceptors (Lipinski definition) is 10. The van der Waals surface area contributed by atoms with E-state index in [-0.39, 0.29) is 35.6 Å². The summed E-state index contributed by atoms with van der Waals surface area (Å²) < 4.78 is 0. The number of phenolic OH excluding ortho intramolecular Hbond substituents is 1. The van der Waals surface area contributed by atoms with Gasteiger partial charge in [0.25, 0.3) is 11.8 Å². The normalized spacial score (nSPS) is 24.8. The summed E-state index contributed by atoms with van der Waals surface area (Å²) in [6.07, 6.45) is 0.118. The molecule has 44 heavy (non-hydrogen) atoms. The maximum absolute atomic E-state index is 14.0. The van der Waals surface area contributed by atoms with E-state index in [0.717, 1.165) is 0 Å². The van der Waals surface area contributed by atoms with Crippen molar-refractivity contribution in [3.8, 4) is 16.9 Å². The molecule has 2 aromatic rings. The zero-order valence-electron chi connectivity index (χ0n) is 24.9. The summed E-state index contributed by atoms with van der Waals surface area (Å²) in [5.41, 5.74) is 3.76. The third-order valence-electron chi connectivity index (χ3n) is 8.88. The average Bonchev–Trinajstić information content (AvgIpc) is 2.94. The van der Waals surface area contributed by atoms with E-state index in [1.807, 2.05) is 19.0 Å². The van der Waals surface area contributed by atoms with Gasteiger partial charge >= 0.3 is 0 Å². The molecule has 12 heteroatoms. The van der Waals surface area contributed by atoms with Crippen molar-refractivity contribution in [2.75, 3.05) is 41.3 Å². The van der Waals surface area contributed by atoms with E-state index in [9.17, 15) is 39.6 Å². The first kappa shape index (κ1) is 30.9. The number of hydrogen-bond donors (Lipinski definition) is 6. The first-order valence-electron chi connectivity index (χ1n) is 14.2. The van der Waals surface area contributed by atoms with Gasteiger partial charge in [-0.3, -0.25) is 24.1 Å². The van der Waals surface area contributed by atoms with E-state index < -0.39 is 58.0 Å². The van der Waals surface area contributed by atoms with Crippen molar-refractivity contribution in [2.45, 2.75) is 24.5 Å². The lowest BCUT2D eigenvalue weighted by atomic mass is 9.57. The number of carbonyl (C=O) groups excluding carboxylic acids is 4. The van der Waals surface area contributed by atoms with Crippen molar-refractivity contribution in [2.24, 2.45) is 17.6 Å². The zero-order chi connectivity index (χ0) is 32.2. The van der Waals surface area contributed by atoms with Gasteiger partial charge in [0.1, 0.15) is 22.8 Å². The van der Waals surface area contributed by atoms with Gasteiger partial charge in [-0.25, -0.2) is 0 Å². The van der Waals surface area contributed by atoms with Crippen LogP contribution in [0.2, 0.25) is 0 Å². The highest BCUT2D eigenvalue weighted by molar-refractivity contribution is 6.24. The Labute approximate surface area is 254 Å². The van der Waals surface area contributed by atoms with Gasteiger partial charge in [0.05, 0.1) is 11.6 Å². The fourth-order valence-electron chi connectivity index (χ4n) is 6.84. The predicted octanol–water partition coefficient (Wildman–Crippen LogP) is 0.922. The summed E-state index contributed by atoms with van der Waals surface area (Å²) in [5, 5.41) is 48.0. The second kappa shape index (κ2) is 11.2. The van der Waals surface area contributed by atoms with Crippen molar-refractivity contribution in [3.63, 3.8) is 0 Å². The van der Waals surface area contributed by atoms with E-state index in [2.05, 4.69) is 5.32 Å². The Morgan fingerprint density at radius 2 is 1.77 bits per heavy atom. The molecule has 0 spiro atoms. The van der Waals surface area contributed by atoms with Crippen LogP contribution < -0.4 is 11.1 Å². The van der Waals surface area contributed by atoms with Crippen LogP contribution in [-0.4, -0.2) is 107 Å². The molecular formula is C32H36N4O8. The number of Topliss-reactive ketones (excluding diaryl/α,β-unsaturated/α-hetero) is 2. The molecular weight excluding hydrogens is 568 g/mol. The van der Waals surface area contributed by atoms with E-state index in [1.54, 1.807) is 44.4 Å². The van der Waals surface area contributed by atoms with Gasteiger partial charge in [-0.05, 0) is 81.8 Å². The van der Waals surface area contributed by atoms with Crippen LogP contribution in [0.5, 0.6) is 5.75 Å². The highest BCUT2D eigenvalue weighted by atomic mass is 16.3. The quantitative estimate of drug-likeness (QED) is 0.248. The molecule has 0 radical (unpaired) electrons. The van der Waals surface area contributed by atoms with Crippen LogP contribution in [-0.2, 0) is 20.8 Å². The largest absolute Gasteiger partial charge is 0.508 e. The summed E-state index contributed by atoms with van der Waals surface area (Å²) in [6.45, 7) is 1.12. The summed E-state index contributed by atoms with van der Waals surface area (Å²) in [4.78, 5) is 55.7. The second-order valence-corrected chi connectivity index (χ2v) is 12.1. The Bertz CT molecular complexity index is 1660. The predicted molar refractivity (Wildman–Crippen MR) is 161 cm³/mol. The van der Waals surface area contributed by atoms with Crippen LogP contribution in [0.3, 0.4) is 0 Å². The number of amides is 2. The average molecular weight is 605 g/mol. The van der Waals surface area contributed by atoms with Gasteiger partial charge in [0, 0.05) is 30.1 Å². The van der Waals surface area contributed by atoms with Gasteiger partial charge in [-0.15, -0.1) is 0 Å². The minimum atomic E-state index is -2.70. The van der Waals surface area contributed by atoms with E-state index >= 15 is 0 Å². The molecule has 3 aliphatic rings. The number of likely N-dealkylation sites (N-methyl/N-ethyl adjacent to an activating group) is 2. The Morgan fingerprint density at radius 3 is 2.41 bits per heavy atom. The molecule has 232 valence electrons. The standard InChI is InChI=1S/C32H36N4O8/c1-35(2)11-10-34-31(43)16-7-5-6-15(12-16)18-8-9-21(37)23-19(18)13-17-14-20-25(36(3)4)27(39)24(30(33)42)29(41)32(20,44)28(40)22(17)26(23)38/h5-9,12,17,20,25,37-38,41,44H,10-11,13-14H2,1-4H3,(H2,33,42)(H,34,43)/t17-,20-,25-,32-/m0/s1. The molecule has 2 aromatic carbocycles. The van der Waals surface area contributed by atoms with Crippen LogP contribution in [0.25, 0.3) is 16.9 Å². The number of aliphatic hydroxyl groups excluding tert-OH is 2. The third-order valence-corrected chi connectivity index (χ3v) is 8.88. The molecule has 0 heterocycles. The van der Waals surface area contributed by atoms with Crippen molar-refractivity contribution >= 4 is 29.1 Å². The lowest BCUT2D eigenvalue weighted by Crippen LogP contribution is -2.65. The van der Waals surface area contributed by atoms with Crippen molar-refractivity contribution in [1.82, 2.24) is 15.1 Å². The smallest absolute Gasteiger partial charge is 0.255 e. The lowest BCUT2D eigenvalue weighted by molar-refractivity contribution is -0.153. The van der Waals surface area contributed by atoms with Crippen LogP contribution in [0.1, 0.15) is 27.9 Å². The number of aliphatic hydroxyl groups is 3. The second-order valence-electron chi connectivity index (χ2n) is 12.1. The minimum absolute atomic E-state index is 0.0142.